The van der Waals surface area contributed by atoms with Gasteiger partial charge in [0.15, 0.2) is 0 Å². The number of rotatable bonds is 3. The molecule has 1 aliphatic rings. The van der Waals surface area contributed by atoms with Gasteiger partial charge in [0.25, 0.3) is 0 Å². The van der Waals surface area contributed by atoms with Crippen LogP contribution in [0.15, 0.2) is 46.9 Å². The monoisotopic (exact) mass is 337 g/mol. The van der Waals surface area contributed by atoms with Gasteiger partial charge in [0.05, 0.1) is 21.7 Å². The van der Waals surface area contributed by atoms with Crippen LogP contribution in [0.1, 0.15) is 5.56 Å². The normalized spacial score (nSPS) is 16.8. The predicted octanol–water partition coefficient (Wildman–Crippen LogP) is 4.52. The van der Waals surface area contributed by atoms with Crippen LogP contribution >= 0.6 is 27.5 Å². The number of nitrogens with one attached hydrogen (secondary N) is 1. The van der Waals surface area contributed by atoms with E-state index in [2.05, 4.69) is 27.3 Å². The first-order valence-electron chi connectivity index (χ1n) is 6.16. The molecule has 2 nitrogen and oxygen atoms in total. The summed E-state index contributed by atoms with van der Waals surface area (Å²) in [7, 11) is 0. The van der Waals surface area contributed by atoms with Crippen molar-refractivity contribution >= 4 is 33.2 Å². The Hall–Kier alpha value is -1.19. The van der Waals surface area contributed by atoms with Crippen molar-refractivity contribution in [3.05, 3.63) is 57.5 Å². The van der Waals surface area contributed by atoms with E-state index in [1.165, 1.54) is 5.56 Å². The van der Waals surface area contributed by atoms with Crippen LogP contribution in [0.25, 0.3) is 0 Å². The van der Waals surface area contributed by atoms with Gasteiger partial charge in [0, 0.05) is 6.42 Å². The standard InChI is InChI=1S/C15H13BrClNO/c16-15-12(17)5-3-6-13(15)18-9-11-8-10-4-1-2-7-14(10)19-11/h1-7,11,18H,8-9H2. The third kappa shape index (κ3) is 2.72. The first kappa shape index (κ1) is 12.8. The number of ether oxygens (including phenoxy) is 1. The van der Waals surface area contributed by atoms with Crippen LogP contribution in [0.2, 0.25) is 5.02 Å². The van der Waals surface area contributed by atoms with Crippen molar-refractivity contribution in [1.29, 1.82) is 0 Å². The van der Waals surface area contributed by atoms with Gasteiger partial charge < -0.3 is 10.1 Å². The maximum atomic E-state index is 6.06. The van der Waals surface area contributed by atoms with Gasteiger partial charge in [0.1, 0.15) is 11.9 Å². The van der Waals surface area contributed by atoms with Crippen molar-refractivity contribution < 1.29 is 4.74 Å². The number of hydrogen-bond acceptors (Lipinski definition) is 2. The lowest BCUT2D eigenvalue weighted by molar-refractivity contribution is 0.246. The van der Waals surface area contributed by atoms with Crippen molar-refractivity contribution in [3.63, 3.8) is 0 Å². The minimum atomic E-state index is 0.170. The lowest BCUT2D eigenvalue weighted by atomic mass is 10.1. The SMILES string of the molecule is Clc1cccc(NCC2Cc3ccccc3O2)c1Br. The second kappa shape index (κ2) is 5.43. The van der Waals surface area contributed by atoms with Crippen LogP contribution in [-0.2, 0) is 6.42 Å². The van der Waals surface area contributed by atoms with Gasteiger partial charge in [-0.3, -0.25) is 0 Å². The second-order valence-corrected chi connectivity index (χ2v) is 5.73. The highest BCUT2D eigenvalue weighted by atomic mass is 79.9. The van der Waals surface area contributed by atoms with E-state index in [4.69, 9.17) is 16.3 Å². The molecule has 0 saturated heterocycles. The molecule has 0 bridgehead atoms. The summed E-state index contributed by atoms with van der Waals surface area (Å²) in [6.07, 6.45) is 1.12. The zero-order valence-electron chi connectivity index (χ0n) is 10.2. The molecule has 0 saturated carbocycles. The zero-order valence-corrected chi connectivity index (χ0v) is 12.5. The highest BCUT2D eigenvalue weighted by Gasteiger charge is 2.22. The highest BCUT2D eigenvalue weighted by molar-refractivity contribution is 9.10. The van der Waals surface area contributed by atoms with Gasteiger partial charge in [-0.2, -0.15) is 0 Å². The van der Waals surface area contributed by atoms with E-state index in [9.17, 15) is 0 Å². The quantitative estimate of drug-likeness (QED) is 0.888. The lowest BCUT2D eigenvalue weighted by Gasteiger charge is -2.14. The van der Waals surface area contributed by atoms with Crippen molar-refractivity contribution in [2.45, 2.75) is 12.5 Å². The van der Waals surface area contributed by atoms with Crippen LogP contribution in [0.3, 0.4) is 0 Å². The van der Waals surface area contributed by atoms with E-state index in [0.29, 0.717) is 5.02 Å². The largest absolute Gasteiger partial charge is 0.488 e. The number of anilines is 1. The summed E-state index contributed by atoms with van der Waals surface area (Å²) >= 11 is 9.55. The van der Waals surface area contributed by atoms with Crippen LogP contribution in [-0.4, -0.2) is 12.6 Å². The summed E-state index contributed by atoms with van der Waals surface area (Å²) in [6, 6.07) is 14.0. The maximum Gasteiger partial charge on any atom is 0.123 e. The van der Waals surface area contributed by atoms with Crippen molar-refractivity contribution in [2.24, 2.45) is 0 Å². The summed E-state index contributed by atoms with van der Waals surface area (Å²) in [5.41, 5.74) is 2.27. The Morgan fingerprint density at radius 1 is 1.21 bits per heavy atom. The van der Waals surface area contributed by atoms with Crippen LogP contribution < -0.4 is 10.1 Å². The molecule has 0 spiro atoms. The minimum absolute atomic E-state index is 0.170. The molecule has 0 radical (unpaired) electrons. The molecule has 4 heteroatoms. The molecule has 3 rings (SSSR count). The van der Waals surface area contributed by atoms with Crippen LogP contribution in [0, 0.1) is 0 Å². The Morgan fingerprint density at radius 2 is 2.05 bits per heavy atom. The molecule has 1 atom stereocenters. The number of hydrogen-bond donors (Lipinski definition) is 1. The Balaban J connectivity index is 1.64. The van der Waals surface area contributed by atoms with E-state index in [-0.39, 0.29) is 6.10 Å². The Bertz CT molecular complexity index is 577. The Kier molecular flexibility index (Phi) is 3.67. The first-order chi connectivity index (χ1) is 9.24. The molecule has 2 aromatic rings. The van der Waals surface area contributed by atoms with E-state index in [1.807, 2.05) is 36.4 Å². The number of para-hydroxylation sites is 1. The Morgan fingerprint density at radius 3 is 2.89 bits per heavy atom. The number of benzene rings is 2. The molecule has 0 aromatic heterocycles. The third-order valence-corrected chi connectivity index (χ3v) is 4.58. The van der Waals surface area contributed by atoms with Gasteiger partial charge in [0.2, 0.25) is 0 Å². The number of fused-ring (bicyclic) bond motifs is 1. The van der Waals surface area contributed by atoms with Gasteiger partial charge in [-0.15, -0.1) is 0 Å². The molecule has 1 unspecified atom stereocenters. The summed E-state index contributed by atoms with van der Waals surface area (Å²) in [5.74, 6) is 0.999. The molecule has 2 aromatic carbocycles. The second-order valence-electron chi connectivity index (χ2n) is 4.53. The summed E-state index contributed by atoms with van der Waals surface area (Å²) in [6.45, 7) is 0.758. The molecular weight excluding hydrogens is 326 g/mol. The maximum absolute atomic E-state index is 6.06. The number of halogens is 2. The average Bonchev–Trinajstić information content (AvgIpc) is 2.83. The van der Waals surface area contributed by atoms with E-state index in [0.717, 1.165) is 28.9 Å². The zero-order chi connectivity index (χ0) is 13.2. The first-order valence-corrected chi connectivity index (χ1v) is 7.33. The van der Waals surface area contributed by atoms with E-state index in [1.54, 1.807) is 0 Å². The Labute approximate surface area is 125 Å². The fourth-order valence-electron chi connectivity index (χ4n) is 2.23. The third-order valence-electron chi connectivity index (χ3n) is 3.19. The molecular formula is C15H13BrClNO. The summed E-state index contributed by atoms with van der Waals surface area (Å²) in [5, 5.41) is 4.08. The van der Waals surface area contributed by atoms with Crippen molar-refractivity contribution in [1.82, 2.24) is 0 Å². The predicted molar refractivity (Wildman–Crippen MR) is 82.2 cm³/mol. The van der Waals surface area contributed by atoms with Crippen molar-refractivity contribution in [3.8, 4) is 5.75 Å². The van der Waals surface area contributed by atoms with Gasteiger partial charge in [-0.05, 0) is 39.7 Å². The fourth-order valence-corrected chi connectivity index (χ4v) is 2.81. The van der Waals surface area contributed by atoms with E-state index < -0.39 is 0 Å². The van der Waals surface area contributed by atoms with Gasteiger partial charge >= 0.3 is 0 Å². The molecule has 1 N–H and O–H groups in total. The van der Waals surface area contributed by atoms with Crippen LogP contribution in [0.5, 0.6) is 5.75 Å². The lowest BCUT2D eigenvalue weighted by Crippen LogP contribution is -2.24. The van der Waals surface area contributed by atoms with E-state index >= 15 is 0 Å². The molecule has 98 valence electrons. The molecule has 0 amide bonds. The smallest absolute Gasteiger partial charge is 0.123 e. The molecule has 1 aliphatic heterocycles. The minimum Gasteiger partial charge on any atom is -0.488 e. The molecule has 0 aliphatic carbocycles. The van der Waals surface area contributed by atoms with Crippen molar-refractivity contribution in [2.75, 3.05) is 11.9 Å². The molecule has 0 fully saturated rings. The molecule has 1 heterocycles. The highest BCUT2D eigenvalue weighted by Crippen LogP contribution is 2.31. The summed E-state index contributed by atoms with van der Waals surface area (Å²) < 4.78 is 6.78. The van der Waals surface area contributed by atoms with Crippen LogP contribution in [0.4, 0.5) is 5.69 Å². The van der Waals surface area contributed by atoms with Gasteiger partial charge in [-0.1, -0.05) is 35.9 Å². The topological polar surface area (TPSA) is 21.3 Å². The fraction of sp³-hybridized carbons (Fsp3) is 0.200. The average molecular weight is 339 g/mol. The summed E-state index contributed by atoms with van der Waals surface area (Å²) in [4.78, 5) is 0. The van der Waals surface area contributed by atoms with Gasteiger partial charge in [-0.25, -0.2) is 0 Å². The molecule has 19 heavy (non-hydrogen) atoms.